The quantitative estimate of drug-likeness (QED) is 0.828. The Labute approximate surface area is 144 Å². The number of nitrogens with one attached hydrogen (secondary N) is 1. The van der Waals surface area contributed by atoms with Crippen LogP contribution in [0.3, 0.4) is 0 Å². The van der Waals surface area contributed by atoms with Gasteiger partial charge in [-0.1, -0.05) is 6.42 Å². The van der Waals surface area contributed by atoms with Crippen LogP contribution in [0.5, 0.6) is 17.2 Å². The van der Waals surface area contributed by atoms with Gasteiger partial charge in [-0.25, -0.2) is 0 Å². The van der Waals surface area contributed by atoms with Crippen molar-refractivity contribution in [1.29, 1.82) is 0 Å². The van der Waals surface area contributed by atoms with E-state index in [1.807, 2.05) is 0 Å². The van der Waals surface area contributed by atoms with Crippen LogP contribution in [0.4, 0.5) is 0 Å². The second-order valence-electron chi connectivity index (χ2n) is 6.07. The van der Waals surface area contributed by atoms with Gasteiger partial charge in [0.05, 0.1) is 21.3 Å². The van der Waals surface area contributed by atoms with Crippen molar-refractivity contribution < 1.29 is 19.0 Å². The van der Waals surface area contributed by atoms with Crippen molar-refractivity contribution in [3.05, 3.63) is 17.7 Å². The molecule has 0 spiro atoms. The van der Waals surface area contributed by atoms with Crippen molar-refractivity contribution in [3.8, 4) is 17.2 Å². The number of piperidine rings is 1. The summed E-state index contributed by atoms with van der Waals surface area (Å²) >= 11 is 0. The molecule has 6 nitrogen and oxygen atoms in total. The van der Waals surface area contributed by atoms with Crippen LogP contribution < -0.4 is 19.5 Å². The van der Waals surface area contributed by atoms with Crippen molar-refractivity contribution in [2.75, 3.05) is 41.0 Å². The standard InChI is InChI=1S/C18H28N2O4/c1-13(20-8-6-5-7-9-20)12-19-18(21)14-10-15(22-2)17(24-4)16(11-14)23-3/h10-11,13H,5-9,12H2,1-4H3,(H,19,21). The Bertz CT molecular complexity index is 531. The van der Waals surface area contributed by atoms with Crippen molar-refractivity contribution in [2.45, 2.75) is 32.2 Å². The molecule has 1 aliphatic heterocycles. The average molecular weight is 336 g/mol. The third-order valence-electron chi connectivity index (χ3n) is 4.50. The molecule has 1 atom stereocenters. The zero-order chi connectivity index (χ0) is 17.5. The summed E-state index contributed by atoms with van der Waals surface area (Å²) in [6, 6.07) is 3.67. The third kappa shape index (κ3) is 4.32. The smallest absolute Gasteiger partial charge is 0.251 e. The Balaban J connectivity index is 2.03. The summed E-state index contributed by atoms with van der Waals surface area (Å²) < 4.78 is 15.9. The van der Waals surface area contributed by atoms with Crippen LogP contribution in [-0.4, -0.2) is 57.8 Å². The lowest BCUT2D eigenvalue weighted by molar-refractivity contribution is 0.0929. The van der Waals surface area contributed by atoms with E-state index in [1.165, 1.54) is 33.5 Å². The van der Waals surface area contributed by atoms with Gasteiger partial charge in [0.15, 0.2) is 11.5 Å². The largest absolute Gasteiger partial charge is 0.493 e. The highest BCUT2D eigenvalue weighted by molar-refractivity contribution is 5.95. The van der Waals surface area contributed by atoms with Crippen molar-refractivity contribution in [3.63, 3.8) is 0 Å². The van der Waals surface area contributed by atoms with Crippen molar-refractivity contribution >= 4 is 5.91 Å². The lowest BCUT2D eigenvalue weighted by Gasteiger charge is -2.32. The van der Waals surface area contributed by atoms with Crippen LogP contribution in [-0.2, 0) is 0 Å². The second-order valence-corrected chi connectivity index (χ2v) is 6.07. The molecule has 0 aliphatic carbocycles. The van der Waals surface area contributed by atoms with Gasteiger partial charge in [0.2, 0.25) is 5.75 Å². The third-order valence-corrected chi connectivity index (χ3v) is 4.50. The number of methoxy groups -OCH3 is 3. The molecule has 1 aromatic carbocycles. The van der Waals surface area contributed by atoms with Gasteiger partial charge in [-0.05, 0) is 45.0 Å². The molecule has 1 heterocycles. The summed E-state index contributed by atoms with van der Waals surface area (Å²) in [6.07, 6.45) is 3.79. The number of ether oxygens (including phenoxy) is 3. The van der Waals surface area contributed by atoms with Crippen LogP contribution >= 0.6 is 0 Å². The van der Waals surface area contributed by atoms with E-state index in [2.05, 4.69) is 17.1 Å². The number of carbonyl (C=O) groups is 1. The Morgan fingerprint density at radius 2 is 1.67 bits per heavy atom. The Morgan fingerprint density at radius 3 is 2.17 bits per heavy atom. The number of rotatable bonds is 7. The van der Waals surface area contributed by atoms with Crippen LogP contribution in [0.15, 0.2) is 12.1 Å². The predicted molar refractivity (Wildman–Crippen MR) is 93.3 cm³/mol. The molecule has 0 radical (unpaired) electrons. The van der Waals surface area contributed by atoms with Gasteiger partial charge in [-0.2, -0.15) is 0 Å². The van der Waals surface area contributed by atoms with Crippen LogP contribution in [0.1, 0.15) is 36.5 Å². The fourth-order valence-electron chi connectivity index (χ4n) is 3.04. The average Bonchev–Trinajstić information content (AvgIpc) is 2.65. The SMILES string of the molecule is COc1cc(C(=O)NCC(C)N2CCCCC2)cc(OC)c1OC. The molecule has 6 heteroatoms. The van der Waals surface area contributed by atoms with Gasteiger partial charge in [-0.15, -0.1) is 0 Å². The molecule has 2 rings (SSSR count). The van der Waals surface area contributed by atoms with E-state index < -0.39 is 0 Å². The highest BCUT2D eigenvalue weighted by Crippen LogP contribution is 2.38. The van der Waals surface area contributed by atoms with E-state index in [0.29, 0.717) is 35.4 Å². The number of likely N-dealkylation sites (tertiary alicyclic amines) is 1. The molecular weight excluding hydrogens is 308 g/mol. The van der Waals surface area contributed by atoms with E-state index >= 15 is 0 Å². The Morgan fingerprint density at radius 1 is 1.08 bits per heavy atom. The zero-order valence-electron chi connectivity index (χ0n) is 15.1. The number of amides is 1. The fraction of sp³-hybridized carbons (Fsp3) is 0.611. The maximum Gasteiger partial charge on any atom is 0.251 e. The number of hydrogen-bond donors (Lipinski definition) is 1. The molecule has 1 aromatic rings. The first kappa shape index (κ1) is 18.4. The molecule has 1 aliphatic rings. The topological polar surface area (TPSA) is 60.0 Å². The van der Waals surface area contributed by atoms with E-state index in [9.17, 15) is 4.79 Å². The van der Waals surface area contributed by atoms with Gasteiger partial charge in [0.25, 0.3) is 5.91 Å². The molecule has 1 unspecified atom stereocenters. The van der Waals surface area contributed by atoms with Crippen molar-refractivity contribution in [1.82, 2.24) is 10.2 Å². The first-order valence-corrected chi connectivity index (χ1v) is 8.43. The molecule has 1 saturated heterocycles. The van der Waals surface area contributed by atoms with Gasteiger partial charge in [0, 0.05) is 18.2 Å². The maximum atomic E-state index is 12.5. The minimum absolute atomic E-state index is 0.141. The van der Waals surface area contributed by atoms with Gasteiger partial charge < -0.3 is 19.5 Å². The van der Waals surface area contributed by atoms with E-state index in [-0.39, 0.29) is 5.91 Å². The summed E-state index contributed by atoms with van der Waals surface area (Å²) in [4.78, 5) is 14.9. The second kappa shape index (κ2) is 8.78. The molecule has 1 amide bonds. The first-order chi connectivity index (χ1) is 11.6. The van der Waals surface area contributed by atoms with Crippen LogP contribution in [0.2, 0.25) is 0 Å². The summed E-state index contributed by atoms with van der Waals surface area (Å²) in [5.41, 5.74) is 0.496. The van der Waals surface area contributed by atoms with Crippen LogP contribution in [0.25, 0.3) is 0 Å². The molecule has 1 N–H and O–H groups in total. The van der Waals surface area contributed by atoms with E-state index in [0.717, 1.165) is 13.1 Å². The minimum Gasteiger partial charge on any atom is -0.493 e. The normalized spacial score (nSPS) is 16.3. The zero-order valence-corrected chi connectivity index (χ0v) is 15.1. The monoisotopic (exact) mass is 336 g/mol. The molecule has 0 saturated carbocycles. The number of nitrogens with zero attached hydrogens (tertiary/aromatic N) is 1. The fourth-order valence-corrected chi connectivity index (χ4v) is 3.04. The Kier molecular flexibility index (Phi) is 6.73. The molecular formula is C18H28N2O4. The molecule has 0 bridgehead atoms. The lowest BCUT2D eigenvalue weighted by Crippen LogP contribution is -2.44. The summed E-state index contributed by atoms with van der Waals surface area (Å²) in [6.45, 7) is 5.00. The summed E-state index contributed by atoms with van der Waals surface area (Å²) in [5, 5.41) is 3.00. The summed E-state index contributed by atoms with van der Waals surface area (Å²) in [7, 11) is 4.62. The maximum absolute atomic E-state index is 12.5. The number of hydrogen-bond acceptors (Lipinski definition) is 5. The minimum atomic E-state index is -0.141. The Hall–Kier alpha value is -1.95. The highest BCUT2D eigenvalue weighted by atomic mass is 16.5. The van der Waals surface area contributed by atoms with Gasteiger partial charge >= 0.3 is 0 Å². The first-order valence-electron chi connectivity index (χ1n) is 8.43. The number of carbonyl (C=O) groups excluding carboxylic acids is 1. The molecule has 134 valence electrons. The van der Waals surface area contributed by atoms with Crippen LogP contribution in [0, 0.1) is 0 Å². The van der Waals surface area contributed by atoms with E-state index in [1.54, 1.807) is 19.2 Å². The number of benzene rings is 1. The molecule has 24 heavy (non-hydrogen) atoms. The van der Waals surface area contributed by atoms with Gasteiger partial charge in [-0.3, -0.25) is 9.69 Å². The van der Waals surface area contributed by atoms with Crippen molar-refractivity contribution in [2.24, 2.45) is 0 Å². The predicted octanol–water partition coefficient (Wildman–Crippen LogP) is 2.32. The van der Waals surface area contributed by atoms with Gasteiger partial charge in [0.1, 0.15) is 0 Å². The lowest BCUT2D eigenvalue weighted by atomic mass is 10.1. The molecule has 1 fully saturated rings. The molecule has 0 aromatic heterocycles. The summed E-state index contributed by atoms with van der Waals surface area (Å²) in [5.74, 6) is 1.30. The van der Waals surface area contributed by atoms with E-state index in [4.69, 9.17) is 14.2 Å². The highest BCUT2D eigenvalue weighted by Gasteiger charge is 2.19.